The van der Waals surface area contributed by atoms with E-state index in [1.807, 2.05) is 4.98 Å². The molecule has 116 valence electrons. The maximum absolute atomic E-state index is 12.2. The van der Waals surface area contributed by atoms with Crippen molar-refractivity contribution in [3.63, 3.8) is 0 Å². The molecule has 0 unspecified atom stereocenters. The van der Waals surface area contributed by atoms with E-state index in [0.717, 1.165) is 16.8 Å². The second-order valence-corrected chi connectivity index (χ2v) is 4.60. The highest BCUT2D eigenvalue weighted by Crippen LogP contribution is 2.35. The summed E-state index contributed by atoms with van der Waals surface area (Å²) in [4.78, 5) is 37.3. The molecule has 0 aliphatic carbocycles. The number of H-pyrrole nitrogens is 1. The van der Waals surface area contributed by atoms with Gasteiger partial charge in [-0.1, -0.05) is 0 Å². The minimum absolute atomic E-state index is 0.0436. The lowest BCUT2D eigenvalue weighted by Gasteiger charge is -2.28. The molecule has 1 aromatic heterocycles. The molecule has 2 heterocycles. The summed E-state index contributed by atoms with van der Waals surface area (Å²) in [5, 5.41) is 19.0. The first kappa shape index (κ1) is 15.4. The maximum Gasteiger partial charge on any atom is 0.360 e. The Morgan fingerprint density at radius 3 is 2.86 bits per heavy atom. The van der Waals surface area contributed by atoms with Gasteiger partial charge in [0.05, 0.1) is 19.3 Å². The number of nitrogens with one attached hydrogen (secondary N) is 1. The summed E-state index contributed by atoms with van der Waals surface area (Å²) in [5.74, 6) is -0.880. The van der Waals surface area contributed by atoms with Crippen molar-refractivity contribution in [1.29, 1.82) is 0 Å². The van der Waals surface area contributed by atoms with Gasteiger partial charge in [0.2, 0.25) is 0 Å². The van der Waals surface area contributed by atoms with Gasteiger partial charge in [0.25, 0.3) is 11.3 Å². The molecule has 1 aliphatic heterocycles. The van der Waals surface area contributed by atoms with Crippen LogP contribution in [0.4, 0.5) is 0 Å². The normalized spacial score (nSPS) is 28.5. The molecular formula is C12H16N2O7. The fourth-order valence-corrected chi connectivity index (χ4v) is 2.28. The molecule has 0 spiro atoms. The third-order valence-electron chi connectivity index (χ3n) is 3.25. The predicted molar refractivity (Wildman–Crippen MR) is 68.5 cm³/mol. The fraction of sp³-hybridized carbons (Fsp3) is 0.583. The number of carbonyl (C=O) groups is 1. The monoisotopic (exact) mass is 300 g/mol. The van der Waals surface area contributed by atoms with Crippen LogP contribution < -0.4 is 11.2 Å². The van der Waals surface area contributed by atoms with Crippen LogP contribution in [0.15, 0.2) is 21.9 Å². The van der Waals surface area contributed by atoms with Gasteiger partial charge in [-0.2, -0.15) is 0 Å². The fourth-order valence-electron chi connectivity index (χ4n) is 2.28. The Labute approximate surface area is 118 Å². The molecule has 2 rings (SSSR count). The highest BCUT2D eigenvalue weighted by atomic mass is 16.6. The zero-order valence-corrected chi connectivity index (χ0v) is 11.3. The molecule has 9 heteroatoms. The summed E-state index contributed by atoms with van der Waals surface area (Å²) in [6, 6.07) is 1.05. The van der Waals surface area contributed by atoms with E-state index in [2.05, 4.69) is 0 Å². The molecule has 9 nitrogen and oxygen atoms in total. The van der Waals surface area contributed by atoms with Crippen LogP contribution in [0.5, 0.6) is 0 Å². The Hall–Kier alpha value is -1.97. The van der Waals surface area contributed by atoms with E-state index < -0.39 is 41.8 Å². The molecule has 1 aromatic rings. The van der Waals surface area contributed by atoms with E-state index in [0.29, 0.717) is 0 Å². The summed E-state index contributed by atoms with van der Waals surface area (Å²) >= 11 is 0. The van der Waals surface area contributed by atoms with Crippen molar-refractivity contribution in [3.05, 3.63) is 33.1 Å². The largest absolute Gasteiger partial charge is 0.462 e. The highest BCUT2D eigenvalue weighted by Gasteiger charge is 2.54. The van der Waals surface area contributed by atoms with Crippen LogP contribution in [0.1, 0.15) is 13.3 Å². The van der Waals surface area contributed by atoms with Gasteiger partial charge in [-0.3, -0.25) is 14.3 Å². The third-order valence-corrected chi connectivity index (χ3v) is 3.25. The van der Waals surface area contributed by atoms with Gasteiger partial charge >= 0.3 is 11.7 Å². The number of nitrogens with zero attached hydrogens (tertiary/aromatic N) is 1. The van der Waals surface area contributed by atoms with Crippen LogP contribution >= 0.6 is 0 Å². The molecule has 0 amide bonds. The van der Waals surface area contributed by atoms with Crippen LogP contribution in [0.3, 0.4) is 0 Å². The van der Waals surface area contributed by atoms with Gasteiger partial charge in [-0.15, -0.1) is 0 Å². The number of ether oxygens (including phenoxy) is 2. The summed E-state index contributed by atoms with van der Waals surface area (Å²) in [6.07, 6.45) is -1.38. The van der Waals surface area contributed by atoms with E-state index in [4.69, 9.17) is 14.6 Å². The van der Waals surface area contributed by atoms with Crippen molar-refractivity contribution in [2.24, 2.45) is 0 Å². The van der Waals surface area contributed by atoms with E-state index in [9.17, 15) is 19.5 Å². The average molecular weight is 300 g/mol. The number of hydrogen-bond acceptors (Lipinski definition) is 7. The third kappa shape index (κ3) is 2.62. The van der Waals surface area contributed by atoms with E-state index in [1.165, 1.54) is 0 Å². The number of aromatic amines is 1. The Balaban J connectivity index is 2.54. The van der Waals surface area contributed by atoms with Gasteiger partial charge in [0.1, 0.15) is 6.10 Å². The van der Waals surface area contributed by atoms with Crippen molar-refractivity contribution in [3.8, 4) is 0 Å². The smallest absolute Gasteiger partial charge is 0.360 e. The lowest BCUT2D eigenvalue weighted by atomic mass is 10.1. The molecular weight excluding hydrogens is 284 g/mol. The Bertz CT molecular complexity index is 637. The van der Waals surface area contributed by atoms with Crippen molar-refractivity contribution in [1.82, 2.24) is 9.55 Å². The molecule has 0 aromatic carbocycles. The summed E-state index contributed by atoms with van der Waals surface area (Å²) < 4.78 is 11.2. The number of aromatic nitrogens is 2. The van der Waals surface area contributed by atoms with Gasteiger partial charge in [0, 0.05) is 18.7 Å². The first-order chi connectivity index (χ1) is 9.94. The number of esters is 1. The zero-order chi connectivity index (χ0) is 15.6. The predicted octanol–water partition coefficient (Wildman–Crippen LogP) is -2.11. The standard InChI is InChI=1S/C12H16N2O7/c1-2-20-10(18)12(5-7(16)8(6-15)21-12)14-4-3-9(17)13-11(14)19/h3-4,7-8,15-16H,2,5-6H2,1H3,(H,13,17,19)/t7-,8+,12-/m0/s1. The maximum atomic E-state index is 12.2. The Morgan fingerprint density at radius 2 is 2.33 bits per heavy atom. The average Bonchev–Trinajstić information content (AvgIpc) is 2.77. The van der Waals surface area contributed by atoms with Gasteiger partial charge in [0.15, 0.2) is 0 Å². The molecule has 1 fully saturated rings. The second-order valence-electron chi connectivity index (χ2n) is 4.60. The van der Waals surface area contributed by atoms with E-state index >= 15 is 0 Å². The summed E-state index contributed by atoms with van der Waals surface area (Å²) in [7, 11) is 0. The lowest BCUT2D eigenvalue weighted by molar-refractivity contribution is -0.188. The highest BCUT2D eigenvalue weighted by molar-refractivity contribution is 5.77. The van der Waals surface area contributed by atoms with Crippen LogP contribution in [-0.2, 0) is 20.0 Å². The van der Waals surface area contributed by atoms with Crippen molar-refractivity contribution in [2.45, 2.75) is 31.3 Å². The first-order valence-corrected chi connectivity index (χ1v) is 6.41. The zero-order valence-electron chi connectivity index (χ0n) is 11.3. The minimum atomic E-state index is -1.91. The quantitative estimate of drug-likeness (QED) is 0.542. The van der Waals surface area contributed by atoms with Crippen molar-refractivity contribution >= 4 is 5.97 Å². The van der Waals surface area contributed by atoms with E-state index in [1.54, 1.807) is 6.92 Å². The number of aliphatic hydroxyl groups is 2. The minimum Gasteiger partial charge on any atom is -0.462 e. The van der Waals surface area contributed by atoms with Crippen LogP contribution in [0, 0.1) is 0 Å². The Morgan fingerprint density at radius 1 is 1.62 bits per heavy atom. The van der Waals surface area contributed by atoms with Crippen molar-refractivity contribution < 1.29 is 24.5 Å². The van der Waals surface area contributed by atoms with Gasteiger partial charge in [-0.05, 0) is 6.92 Å². The van der Waals surface area contributed by atoms with Crippen LogP contribution in [-0.4, -0.2) is 51.2 Å². The number of hydrogen-bond donors (Lipinski definition) is 3. The molecule has 21 heavy (non-hydrogen) atoms. The van der Waals surface area contributed by atoms with Gasteiger partial charge in [-0.25, -0.2) is 9.59 Å². The molecule has 3 atom stereocenters. The first-order valence-electron chi connectivity index (χ1n) is 6.41. The molecule has 0 saturated carbocycles. The van der Waals surface area contributed by atoms with Crippen LogP contribution in [0.25, 0.3) is 0 Å². The Kier molecular flexibility index (Phi) is 4.26. The number of carbonyl (C=O) groups excluding carboxylic acids is 1. The molecule has 3 N–H and O–H groups in total. The van der Waals surface area contributed by atoms with Crippen LogP contribution in [0.2, 0.25) is 0 Å². The number of aliphatic hydroxyl groups excluding tert-OH is 2. The molecule has 1 saturated heterocycles. The lowest BCUT2D eigenvalue weighted by Crippen LogP contribution is -2.50. The molecule has 0 bridgehead atoms. The topological polar surface area (TPSA) is 131 Å². The second kappa shape index (κ2) is 5.80. The van der Waals surface area contributed by atoms with Crippen molar-refractivity contribution in [2.75, 3.05) is 13.2 Å². The van der Waals surface area contributed by atoms with Gasteiger partial charge < -0.3 is 19.7 Å². The van der Waals surface area contributed by atoms with E-state index in [-0.39, 0.29) is 13.0 Å². The summed E-state index contributed by atoms with van der Waals surface area (Å²) in [6.45, 7) is 1.10. The SMILES string of the molecule is CCOC(=O)[C@]1(n2ccc(=O)[nH]c2=O)C[C@H](O)[C@@H](CO)O1. The number of rotatable bonds is 4. The molecule has 0 radical (unpaired) electrons. The summed E-state index contributed by atoms with van der Waals surface area (Å²) in [5.41, 5.74) is -3.42. The molecule has 1 aliphatic rings.